The molecule has 0 unspecified atom stereocenters. The van der Waals surface area contributed by atoms with Crippen LogP contribution >= 0.6 is 0 Å². The molecule has 5 heteroatoms. The number of aliphatic carboxylic acids is 1. The number of hydrogen-bond acceptors (Lipinski definition) is 3. The van der Waals surface area contributed by atoms with Crippen molar-refractivity contribution in [2.24, 2.45) is 0 Å². The van der Waals surface area contributed by atoms with Crippen LogP contribution in [0.3, 0.4) is 0 Å². The maximum atomic E-state index is 13.1. The molecule has 0 aliphatic rings. The van der Waals surface area contributed by atoms with E-state index in [2.05, 4.69) is 6.07 Å². The van der Waals surface area contributed by atoms with Crippen LogP contribution in [0.4, 0.5) is 0 Å². The van der Waals surface area contributed by atoms with Crippen molar-refractivity contribution in [1.82, 2.24) is 9.88 Å². The van der Waals surface area contributed by atoms with E-state index in [-0.39, 0.29) is 12.3 Å². The van der Waals surface area contributed by atoms with E-state index in [1.54, 1.807) is 4.90 Å². The number of carbonyl (C=O) groups excluding carboxylic acids is 1. The van der Waals surface area contributed by atoms with E-state index in [0.29, 0.717) is 18.5 Å². The van der Waals surface area contributed by atoms with Crippen molar-refractivity contribution in [2.45, 2.75) is 32.2 Å². The van der Waals surface area contributed by atoms with Crippen LogP contribution < -0.4 is 0 Å². The highest BCUT2D eigenvalue weighted by Crippen LogP contribution is 2.28. The van der Waals surface area contributed by atoms with Gasteiger partial charge in [0.25, 0.3) is 5.91 Å². The van der Waals surface area contributed by atoms with Gasteiger partial charge in [-0.25, -0.2) is 4.98 Å². The van der Waals surface area contributed by atoms with E-state index < -0.39 is 5.97 Å². The number of hydrogen-bond donors (Lipinski definition) is 1. The molecule has 1 aromatic heterocycles. The Kier molecular flexibility index (Phi) is 7.33. The summed E-state index contributed by atoms with van der Waals surface area (Å²) < 4.78 is 0. The van der Waals surface area contributed by atoms with Gasteiger partial charge in [0.05, 0.1) is 11.2 Å². The Bertz CT molecular complexity index is 1290. The van der Waals surface area contributed by atoms with Gasteiger partial charge in [0.1, 0.15) is 0 Å². The lowest BCUT2D eigenvalue weighted by Gasteiger charge is -2.18. The summed E-state index contributed by atoms with van der Waals surface area (Å²) >= 11 is 0. The van der Waals surface area contributed by atoms with Crippen molar-refractivity contribution in [3.63, 3.8) is 0 Å². The first kappa shape index (κ1) is 23.2. The third kappa shape index (κ3) is 5.67. The Morgan fingerprint density at radius 3 is 2.29 bits per heavy atom. The lowest BCUT2D eigenvalue weighted by molar-refractivity contribution is -0.137. The number of carboxylic acids is 1. The lowest BCUT2D eigenvalue weighted by Crippen LogP contribution is -2.26. The number of pyridine rings is 1. The second kappa shape index (κ2) is 10.8. The molecule has 0 radical (unpaired) electrons. The van der Waals surface area contributed by atoms with Crippen molar-refractivity contribution >= 4 is 22.8 Å². The Morgan fingerprint density at radius 1 is 0.882 bits per heavy atom. The molecule has 34 heavy (non-hydrogen) atoms. The summed E-state index contributed by atoms with van der Waals surface area (Å²) in [5, 5.41) is 9.87. The summed E-state index contributed by atoms with van der Waals surface area (Å²) in [6.07, 6.45) is 2.27. The Morgan fingerprint density at radius 2 is 1.59 bits per heavy atom. The molecule has 1 N–H and O–H groups in total. The van der Waals surface area contributed by atoms with Crippen LogP contribution in [-0.4, -0.2) is 33.9 Å². The molecule has 1 amide bonds. The molecular formula is C29H28N2O3. The van der Waals surface area contributed by atoms with Gasteiger partial charge in [-0.2, -0.15) is 0 Å². The van der Waals surface area contributed by atoms with Gasteiger partial charge >= 0.3 is 5.97 Å². The monoisotopic (exact) mass is 452 g/mol. The van der Waals surface area contributed by atoms with E-state index in [1.165, 1.54) is 0 Å². The maximum absolute atomic E-state index is 13.1. The zero-order valence-electron chi connectivity index (χ0n) is 19.3. The normalized spacial score (nSPS) is 10.9. The molecule has 0 spiro atoms. The summed E-state index contributed by atoms with van der Waals surface area (Å²) in [5.74, 6) is -0.816. The van der Waals surface area contributed by atoms with Crippen molar-refractivity contribution < 1.29 is 14.7 Å². The average Bonchev–Trinajstić information content (AvgIpc) is 2.86. The van der Waals surface area contributed by atoms with Gasteiger partial charge in [-0.15, -0.1) is 0 Å². The second-order valence-corrected chi connectivity index (χ2v) is 8.52. The van der Waals surface area contributed by atoms with E-state index in [9.17, 15) is 9.59 Å². The first-order valence-electron chi connectivity index (χ1n) is 11.5. The molecule has 0 saturated heterocycles. The number of carboxylic acid groups (broad SMARTS) is 1. The predicted molar refractivity (Wildman–Crippen MR) is 135 cm³/mol. The minimum atomic E-state index is -0.775. The molecule has 5 nitrogen and oxygen atoms in total. The minimum Gasteiger partial charge on any atom is -0.481 e. The van der Waals surface area contributed by atoms with E-state index in [4.69, 9.17) is 10.1 Å². The number of nitrogens with zero attached hydrogens (tertiary/aromatic N) is 2. The Hall–Kier alpha value is -3.99. The van der Waals surface area contributed by atoms with Gasteiger partial charge in [-0.3, -0.25) is 9.59 Å². The van der Waals surface area contributed by atoms with Gasteiger partial charge < -0.3 is 10.0 Å². The number of amides is 1. The summed E-state index contributed by atoms with van der Waals surface area (Å²) in [4.78, 5) is 30.6. The molecule has 3 aromatic carbocycles. The SMILES string of the molecule is CN(Cc1ccccc1)C(=O)c1ccc2nc(-c3ccccc3)c(CCCCC(=O)O)cc2c1. The van der Waals surface area contributed by atoms with Crippen LogP contribution in [0.2, 0.25) is 0 Å². The number of benzene rings is 3. The highest BCUT2D eigenvalue weighted by molar-refractivity contribution is 5.98. The third-order valence-electron chi connectivity index (χ3n) is 5.88. The van der Waals surface area contributed by atoms with Crippen molar-refractivity contribution in [2.75, 3.05) is 7.05 Å². The summed E-state index contributed by atoms with van der Waals surface area (Å²) in [5.41, 5.74) is 5.53. The van der Waals surface area contributed by atoms with Crippen LogP contribution in [0.25, 0.3) is 22.2 Å². The number of aryl methyl sites for hydroxylation is 1. The minimum absolute atomic E-state index is 0.0408. The average molecular weight is 453 g/mol. The van der Waals surface area contributed by atoms with E-state index >= 15 is 0 Å². The zero-order valence-corrected chi connectivity index (χ0v) is 19.3. The van der Waals surface area contributed by atoms with E-state index in [1.807, 2.05) is 85.9 Å². The van der Waals surface area contributed by atoms with Crippen LogP contribution in [0.15, 0.2) is 84.9 Å². The molecule has 172 valence electrons. The number of unbranched alkanes of at least 4 members (excludes halogenated alkanes) is 1. The number of carbonyl (C=O) groups is 2. The van der Waals surface area contributed by atoms with Gasteiger partial charge in [-0.05, 0) is 54.7 Å². The second-order valence-electron chi connectivity index (χ2n) is 8.52. The highest BCUT2D eigenvalue weighted by Gasteiger charge is 2.15. The van der Waals surface area contributed by atoms with Crippen LogP contribution in [0.5, 0.6) is 0 Å². The van der Waals surface area contributed by atoms with Crippen molar-refractivity contribution in [1.29, 1.82) is 0 Å². The molecular weight excluding hydrogens is 424 g/mol. The molecule has 0 fully saturated rings. The van der Waals surface area contributed by atoms with Crippen molar-refractivity contribution in [3.8, 4) is 11.3 Å². The van der Waals surface area contributed by atoms with E-state index in [0.717, 1.165) is 46.1 Å². The summed E-state index contributed by atoms with van der Waals surface area (Å²) in [6, 6.07) is 27.7. The Balaban J connectivity index is 1.63. The van der Waals surface area contributed by atoms with Crippen LogP contribution in [0.1, 0.15) is 40.7 Å². The van der Waals surface area contributed by atoms with Gasteiger partial charge in [0.15, 0.2) is 0 Å². The molecule has 0 aliphatic carbocycles. The largest absolute Gasteiger partial charge is 0.481 e. The smallest absolute Gasteiger partial charge is 0.303 e. The fourth-order valence-corrected chi connectivity index (χ4v) is 4.13. The topological polar surface area (TPSA) is 70.5 Å². The molecule has 0 atom stereocenters. The molecule has 1 heterocycles. The standard InChI is InChI=1S/C29H28N2O3/c1-31(20-21-10-4-2-5-11-21)29(34)24-16-17-26-25(19-24)18-23(14-8-9-15-27(32)33)28(30-26)22-12-6-3-7-13-22/h2-7,10-13,16-19H,8-9,14-15,20H2,1H3,(H,32,33). The maximum Gasteiger partial charge on any atom is 0.303 e. The Labute approximate surface area is 199 Å². The van der Waals surface area contributed by atoms with Crippen LogP contribution in [-0.2, 0) is 17.8 Å². The summed E-state index contributed by atoms with van der Waals surface area (Å²) in [7, 11) is 1.81. The summed E-state index contributed by atoms with van der Waals surface area (Å²) in [6.45, 7) is 0.539. The quantitative estimate of drug-likeness (QED) is 0.318. The molecule has 0 bridgehead atoms. The molecule has 0 aliphatic heterocycles. The first-order valence-corrected chi connectivity index (χ1v) is 11.5. The fraction of sp³-hybridized carbons (Fsp3) is 0.207. The predicted octanol–water partition coefficient (Wildman–Crippen LogP) is 5.97. The van der Waals surface area contributed by atoms with Crippen molar-refractivity contribution in [3.05, 3.63) is 102 Å². The molecule has 0 saturated carbocycles. The number of aromatic nitrogens is 1. The highest BCUT2D eigenvalue weighted by atomic mass is 16.4. The van der Waals surface area contributed by atoms with Gasteiger partial charge in [0, 0.05) is 36.5 Å². The lowest BCUT2D eigenvalue weighted by atomic mass is 9.98. The van der Waals surface area contributed by atoms with Gasteiger partial charge in [0.2, 0.25) is 0 Å². The fourth-order valence-electron chi connectivity index (χ4n) is 4.13. The molecule has 4 rings (SSSR count). The zero-order chi connectivity index (χ0) is 23.9. The first-order chi connectivity index (χ1) is 16.5. The molecule has 4 aromatic rings. The number of fused-ring (bicyclic) bond motifs is 1. The van der Waals surface area contributed by atoms with Gasteiger partial charge in [-0.1, -0.05) is 60.7 Å². The third-order valence-corrected chi connectivity index (χ3v) is 5.88. The number of rotatable bonds is 9. The van der Waals surface area contributed by atoms with Crippen LogP contribution in [0, 0.1) is 0 Å².